The molecule has 0 spiro atoms. The maximum atomic E-state index is 12.8. The lowest BCUT2D eigenvalue weighted by molar-refractivity contribution is -0.137. The van der Waals surface area contributed by atoms with Gasteiger partial charge in [-0.3, -0.25) is 0 Å². The number of sulfonamides is 1. The first-order valence-corrected chi connectivity index (χ1v) is 9.04. The van der Waals surface area contributed by atoms with E-state index in [4.69, 9.17) is 4.84 Å². The molecule has 1 aliphatic heterocycles. The Hall–Kier alpha value is -1.61. The fraction of sp³-hybridized carbons (Fsp3) is 0.533. The van der Waals surface area contributed by atoms with Crippen LogP contribution < -0.4 is 0 Å². The third-order valence-electron chi connectivity index (χ3n) is 3.59. The van der Waals surface area contributed by atoms with Crippen LogP contribution in [-0.2, 0) is 21.0 Å². The minimum atomic E-state index is -4.58. The number of rotatable bonds is 5. The highest BCUT2D eigenvalue weighted by Gasteiger charge is 2.33. The van der Waals surface area contributed by atoms with Gasteiger partial charge in [0.15, 0.2) is 0 Å². The van der Waals surface area contributed by atoms with Gasteiger partial charge in [-0.05, 0) is 24.6 Å². The molecule has 2 rings (SSSR count). The number of alkyl halides is 3. The summed E-state index contributed by atoms with van der Waals surface area (Å²) in [6, 6.07) is 3.80. The van der Waals surface area contributed by atoms with Crippen molar-refractivity contribution in [1.29, 1.82) is 0 Å². The maximum absolute atomic E-state index is 12.8. The van der Waals surface area contributed by atoms with E-state index in [2.05, 4.69) is 5.16 Å². The van der Waals surface area contributed by atoms with Crippen molar-refractivity contribution >= 4 is 15.7 Å². The first-order valence-electron chi connectivity index (χ1n) is 7.60. The van der Waals surface area contributed by atoms with Crippen LogP contribution in [-0.4, -0.2) is 38.1 Å². The first-order chi connectivity index (χ1) is 11.2. The summed E-state index contributed by atoms with van der Waals surface area (Å²) < 4.78 is 64.5. The molecule has 9 heteroatoms. The summed E-state index contributed by atoms with van der Waals surface area (Å²) in [7, 11) is -3.96. The topological polar surface area (TPSA) is 59.0 Å². The van der Waals surface area contributed by atoms with E-state index in [9.17, 15) is 21.6 Å². The van der Waals surface area contributed by atoms with Gasteiger partial charge in [0.05, 0.1) is 16.2 Å². The highest BCUT2D eigenvalue weighted by atomic mass is 32.2. The zero-order valence-corrected chi connectivity index (χ0v) is 14.0. The largest absolute Gasteiger partial charge is 0.416 e. The maximum Gasteiger partial charge on any atom is 0.416 e. The molecule has 1 fully saturated rings. The Bertz CT molecular complexity index is 692. The van der Waals surface area contributed by atoms with Crippen LogP contribution in [0.3, 0.4) is 0 Å². The van der Waals surface area contributed by atoms with E-state index in [0.29, 0.717) is 25.5 Å². The van der Waals surface area contributed by atoms with Crippen LogP contribution in [0.4, 0.5) is 13.2 Å². The number of piperidine rings is 1. The van der Waals surface area contributed by atoms with E-state index in [1.54, 1.807) is 0 Å². The number of hydrogen-bond acceptors (Lipinski definition) is 4. The average Bonchev–Trinajstić information content (AvgIpc) is 2.55. The number of oxime groups is 1. The van der Waals surface area contributed by atoms with Crippen LogP contribution in [0.1, 0.15) is 31.7 Å². The lowest BCUT2D eigenvalue weighted by Crippen LogP contribution is -2.38. The van der Waals surface area contributed by atoms with Crippen LogP contribution in [0.15, 0.2) is 34.3 Å². The van der Waals surface area contributed by atoms with E-state index in [-0.39, 0.29) is 18.0 Å². The van der Waals surface area contributed by atoms with Gasteiger partial charge in [0.1, 0.15) is 6.61 Å². The zero-order chi connectivity index (χ0) is 17.8. The number of nitrogens with zero attached hydrogens (tertiary/aromatic N) is 2. The Labute approximate surface area is 139 Å². The van der Waals surface area contributed by atoms with Crippen molar-refractivity contribution in [1.82, 2.24) is 4.31 Å². The molecule has 1 aliphatic rings. The Morgan fingerprint density at radius 2 is 1.92 bits per heavy atom. The lowest BCUT2D eigenvalue weighted by atomic mass is 10.1. The van der Waals surface area contributed by atoms with Gasteiger partial charge in [0.25, 0.3) is 0 Å². The molecule has 24 heavy (non-hydrogen) atoms. The molecule has 0 saturated carbocycles. The van der Waals surface area contributed by atoms with Gasteiger partial charge in [-0.25, -0.2) is 8.42 Å². The van der Waals surface area contributed by atoms with Crippen molar-refractivity contribution in [3.05, 3.63) is 29.8 Å². The average molecular weight is 364 g/mol. The standard InChI is InChI=1S/C15H19F3N2O3S/c1-2-10-23-19-13-6-8-20(9-7-13)24(21,22)14-5-3-4-12(11-14)15(16,17)18/h3-5,11H,2,6-10H2,1H3. The molecule has 0 aromatic heterocycles. The van der Waals surface area contributed by atoms with Crippen LogP contribution in [0.25, 0.3) is 0 Å². The Kier molecular flexibility index (Phi) is 5.87. The fourth-order valence-electron chi connectivity index (χ4n) is 2.29. The predicted molar refractivity (Wildman–Crippen MR) is 83.1 cm³/mol. The van der Waals surface area contributed by atoms with Crippen molar-refractivity contribution in [3.8, 4) is 0 Å². The number of benzene rings is 1. The summed E-state index contributed by atoms with van der Waals surface area (Å²) >= 11 is 0. The van der Waals surface area contributed by atoms with Crippen LogP contribution in [0, 0.1) is 0 Å². The van der Waals surface area contributed by atoms with Gasteiger partial charge in [0.2, 0.25) is 10.0 Å². The second-order valence-corrected chi connectivity index (χ2v) is 7.36. The molecule has 0 radical (unpaired) electrons. The van der Waals surface area contributed by atoms with Gasteiger partial charge < -0.3 is 4.84 Å². The minimum Gasteiger partial charge on any atom is -0.396 e. The molecule has 0 atom stereocenters. The molecule has 0 amide bonds. The molecule has 0 bridgehead atoms. The molecule has 1 aromatic rings. The van der Waals surface area contributed by atoms with Gasteiger partial charge in [-0.2, -0.15) is 17.5 Å². The third-order valence-corrected chi connectivity index (χ3v) is 5.48. The van der Waals surface area contributed by atoms with Crippen molar-refractivity contribution in [2.75, 3.05) is 19.7 Å². The van der Waals surface area contributed by atoms with Crippen LogP contribution >= 0.6 is 0 Å². The van der Waals surface area contributed by atoms with Crippen molar-refractivity contribution < 1.29 is 26.4 Å². The van der Waals surface area contributed by atoms with Gasteiger partial charge in [-0.1, -0.05) is 18.1 Å². The molecule has 134 valence electrons. The summed E-state index contributed by atoms with van der Waals surface area (Å²) in [5.74, 6) is 0. The number of halogens is 3. The minimum absolute atomic E-state index is 0.174. The monoisotopic (exact) mass is 364 g/mol. The molecule has 1 saturated heterocycles. The Balaban J connectivity index is 2.11. The second-order valence-electron chi connectivity index (χ2n) is 5.42. The van der Waals surface area contributed by atoms with E-state index < -0.39 is 21.8 Å². The summed E-state index contributed by atoms with van der Waals surface area (Å²) in [5.41, 5.74) is -0.213. The van der Waals surface area contributed by atoms with Gasteiger partial charge in [0, 0.05) is 25.9 Å². The molecule has 0 unspecified atom stereocenters. The quantitative estimate of drug-likeness (QED) is 0.595. The highest BCUT2D eigenvalue weighted by Crippen LogP contribution is 2.31. The molecule has 5 nitrogen and oxygen atoms in total. The van der Waals surface area contributed by atoms with Crippen LogP contribution in [0.5, 0.6) is 0 Å². The smallest absolute Gasteiger partial charge is 0.396 e. The molecular weight excluding hydrogens is 345 g/mol. The fourth-order valence-corrected chi connectivity index (χ4v) is 3.77. The summed E-state index contributed by atoms with van der Waals surface area (Å²) in [6.45, 7) is 2.79. The van der Waals surface area contributed by atoms with E-state index in [1.807, 2.05) is 6.92 Å². The van der Waals surface area contributed by atoms with Gasteiger partial charge >= 0.3 is 6.18 Å². The molecule has 1 heterocycles. The Morgan fingerprint density at radius 1 is 1.25 bits per heavy atom. The number of hydrogen-bond donors (Lipinski definition) is 0. The summed E-state index contributed by atoms with van der Waals surface area (Å²) in [4.78, 5) is 4.73. The normalized spacial score (nSPS) is 16.9. The molecular formula is C15H19F3N2O3S. The Morgan fingerprint density at radius 3 is 2.50 bits per heavy atom. The van der Waals surface area contributed by atoms with E-state index in [1.165, 1.54) is 10.4 Å². The molecule has 1 aromatic carbocycles. The van der Waals surface area contributed by atoms with Crippen molar-refractivity contribution in [2.24, 2.45) is 5.16 Å². The van der Waals surface area contributed by atoms with Crippen molar-refractivity contribution in [2.45, 2.75) is 37.3 Å². The predicted octanol–water partition coefficient (Wildman–Crippen LogP) is 3.27. The first kappa shape index (κ1) is 18.7. The molecule has 0 aliphatic carbocycles. The lowest BCUT2D eigenvalue weighted by Gasteiger charge is -2.26. The summed E-state index contributed by atoms with van der Waals surface area (Å²) in [5, 5.41) is 3.95. The summed E-state index contributed by atoms with van der Waals surface area (Å²) in [6.07, 6.45) is -2.94. The van der Waals surface area contributed by atoms with Crippen molar-refractivity contribution in [3.63, 3.8) is 0 Å². The van der Waals surface area contributed by atoms with E-state index >= 15 is 0 Å². The van der Waals surface area contributed by atoms with Gasteiger partial charge in [-0.15, -0.1) is 0 Å². The van der Waals surface area contributed by atoms with Crippen LogP contribution in [0.2, 0.25) is 0 Å². The molecule has 0 N–H and O–H groups in total. The SMILES string of the molecule is CCCON=C1CCN(S(=O)(=O)c2cccc(C(F)(F)F)c2)CC1. The zero-order valence-electron chi connectivity index (χ0n) is 13.2. The second kappa shape index (κ2) is 7.52. The highest BCUT2D eigenvalue weighted by molar-refractivity contribution is 7.89. The van der Waals surface area contributed by atoms with E-state index in [0.717, 1.165) is 24.3 Å². The third kappa shape index (κ3) is 4.47.